The van der Waals surface area contributed by atoms with Gasteiger partial charge in [0.05, 0.1) is 0 Å². The Morgan fingerprint density at radius 1 is 1.27 bits per heavy atom. The zero-order valence-electron chi connectivity index (χ0n) is 13.4. The van der Waals surface area contributed by atoms with E-state index in [0.717, 1.165) is 12.0 Å². The molecule has 0 amide bonds. The Balaban J connectivity index is 0.00000135. The Hall–Kier alpha value is -2.68. The predicted octanol–water partition coefficient (Wildman–Crippen LogP) is 4.38. The van der Waals surface area contributed by atoms with Gasteiger partial charge in [-0.25, -0.2) is 0 Å². The van der Waals surface area contributed by atoms with Crippen molar-refractivity contribution in [3.63, 3.8) is 0 Å². The van der Waals surface area contributed by atoms with Crippen LogP contribution in [0.2, 0.25) is 0 Å². The van der Waals surface area contributed by atoms with E-state index in [4.69, 9.17) is 4.79 Å². The molecule has 0 heterocycles. The second-order valence-electron chi connectivity index (χ2n) is 4.30. The third-order valence-corrected chi connectivity index (χ3v) is 2.48. The maximum absolute atomic E-state index is 11.8. The lowest BCUT2D eigenvalue weighted by Crippen LogP contribution is -1.97. The minimum absolute atomic E-state index is 0.0757. The number of anilines is 1. The van der Waals surface area contributed by atoms with Gasteiger partial charge in [-0.1, -0.05) is 43.0 Å². The lowest BCUT2D eigenvalue weighted by Gasteiger charge is -2.01. The highest BCUT2D eigenvalue weighted by Gasteiger charge is 1.99. The number of rotatable bonds is 6. The Kier molecular flexibility index (Phi) is 10.6. The SMILES string of the molecule is C=C/C(=C\C=C/C)C(=O)/C=C\Nc1cccc(C)c1.CC=O. The molecule has 0 saturated heterocycles. The number of ketones is 1. The van der Waals surface area contributed by atoms with Crippen molar-refractivity contribution >= 4 is 17.8 Å². The third-order valence-electron chi connectivity index (χ3n) is 2.48. The van der Waals surface area contributed by atoms with E-state index in [1.165, 1.54) is 18.6 Å². The molecule has 0 aliphatic heterocycles. The van der Waals surface area contributed by atoms with Crippen LogP contribution in [0.25, 0.3) is 0 Å². The van der Waals surface area contributed by atoms with Gasteiger partial charge in [0.2, 0.25) is 0 Å². The summed E-state index contributed by atoms with van der Waals surface area (Å²) in [5, 5.41) is 3.07. The Bertz CT molecular complexity index is 581. The van der Waals surface area contributed by atoms with Gasteiger partial charge in [-0.15, -0.1) is 0 Å². The Labute approximate surface area is 132 Å². The van der Waals surface area contributed by atoms with Gasteiger partial charge in [-0.2, -0.15) is 0 Å². The van der Waals surface area contributed by atoms with Crippen LogP contribution in [-0.4, -0.2) is 12.1 Å². The molecule has 3 nitrogen and oxygen atoms in total. The molecule has 3 heteroatoms. The summed E-state index contributed by atoms with van der Waals surface area (Å²) in [7, 11) is 0. The quantitative estimate of drug-likeness (QED) is 0.481. The summed E-state index contributed by atoms with van der Waals surface area (Å²) < 4.78 is 0. The van der Waals surface area contributed by atoms with Crippen LogP contribution in [0.5, 0.6) is 0 Å². The first-order chi connectivity index (χ1) is 10.6. The molecular formula is C19H23NO2. The van der Waals surface area contributed by atoms with Crippen molar-refractivity contribution in [3.05, 3.63) is 78.6 Å². The molecule has 0 bridgehead atoms. The molecule has 0 radical (unpaired) electrons. The standard InChI is InChI=1S/C17H19NO.C2H4O/c1-4-6-9-15(5-2)17(19)11-12-18-16-10-7-8-14(3)13-16;1-2-3/h4-13,18H,2H2,1,3H3;2H,1H3/b6-4-,12-11-,15-9+;. The average Bonchev–Trinajstić information content (AvgIpc) is 2.49. The molecular weight excluding hydrogens is 274 g/mol. The first-order valence-electron chi connectivity index (χ1n) is 6.98. The van der Waals surface area contributed by atoms with E-state index in [-0.39, 0.29) is 5.78 Å². The first-order valence-corrected chi connectivity index (χ1v) is 6.98. The molecule has 0 aromatic heterocycles. The molecule has 0 atom stereocenters. The maximum atomic E-state index is 11.8. The van der Waals surface area contributed by atoms with Crippen molar-refractivity contribution in [2.45, 2.75) is 20.8 Å². The summed E-state index contributed by atoms with van der Waals surface area (Å²) in [5.74, 6) is -0.0757. The van der Waals surface area contributed by atoms with Crippen molar-refractivity contribution in [2.24, 2.45) is 0 Å². The van der Waals surface area contributed by atoms with E-state index in [1.807, 2.05) is 50.3 Å². The number of carbonyl (C=O) groups is 2. The highest BCUT2D eigenvalue weighted by atomic mass is 16.1. The molecule has 1 N–H and O–H groups in total. The number of aryl methyl sites for hydroxylation is 1. The Morgan fingerprint density at radius 3 is 2.50 bits per heavy atom. The number of nitrogens with one attached hydrogen (secondary N) is 1. The monoisotopic (exact) mass is 297 g/mol. The smallest absolute Gasteiger partial charge is 0.187 e. The van der Waals surface area contributed by atoms with Crippen LogP contribution in [-0.2, 0) is 9.59 Å². The molecule has 116 valence electrons. The van der Waals surface area contributed by atoms with E-state index >= 15 is 0 Å². The zero-order chi connectivity index (χ0) is 16.8. The van der Waals surface area contributed by atoms with E-state index in [1.54, 1.807) is 18.4 Å². The van der Waals surface area contributed by atoms with E-state index in [2.05, 4.69) is 11.9 Å². The molecule has 1 aromatic carbocycles. The molecule has 0 unspecified atom stereocenters. The highest BCUT2D eigenvalue weighted by Crippen LogP contribution is 2.09. The van der Waals surface area contributed by atoms with E-state index in [0.29, 0.717) is 5.57 Å². The van der Waals surface area contributed by atoms with Crippen LogP contribution < -0.4 is 5.32 Å². The molecule has 0 aliphatic carbocycles. The molecule has 1 rings (SSSR count). The summed E-state index contributed by atoms with van der Waals surface area (Å²) in [6.07, 6.45) is 10.9. The summed E-state index contributed by atoms with van der Waals surface area (Å²) in [5.41, 5.74) is 2.70. The van der Waals surface area contributed by atoms with Crippen molar-refractivity contribution in [1.29, 1.82) is 0 Å². The highest BCUT2D eigenvalue weighted by molar-refractivity contribution is 6.06. The van der Waals surface area contributed by atoms with E-state index < -0.39 is 0 Å². The van der Waals surface area contributed by atoms with Gasteiger partial charge in [0.25, 0.3) is 0 Å². The van der Waals surface area contributed by atoms with Crippen molar-refractivity contribution in [3.8, 4) is 0 Å². The fraction of sp³-hybridized carbons (Fsp3) is 0.158. The molecule has 22 heavy (non-hydrogen) atoms. The number of benzene rings is 1. The predicted molar refractivity (Wildman–Crippen MR) is 93.8 cm³/mol. The topological polar surface area (TPSA) is 46.2 Å². The van der Waals surface area contributed by atoms with Crippen LogP contribution in [0.15, 0.2) is 73.0 Å². The lowest BCUT2D eigenvalue weighted by atomic mass is 10.1. The number of allylic oxidation sites excluding steroid dienone is 6. The van der Waals surface area contributed by atoms with Gasteiger partial charge in [0.15, 0.2) is 5.78 Å². The van der Waals surface area contributed by atoms with Crippen molar-refractivity contribution in [2.75, 3.05) is 5.32 Å². The van der Waals surface area contributed by atoms with Crippen LogP contribution in [0.1, 0.15) is 19.4 Å². The summed E-state index contributed by atoms with van der Waals surface area (Å²) in [6.45, 7) is 9.00. The molecule has 0 fully saturated rings. The molecule has 0 saturated carbocycles. The number of aldehydes is 1. The minimum atomic E-state index is -0.0757. The third kappa shape index (κ3) is 8.48. The van der Waals surface area contributed by atoms with Gasteiger partial charge < -0.3 is 10.1 Å². The Morgan fingerprint density at radius 2 is 1.95 bits per heavy atom. The first kappa shape index (κ1) is 19.3. The zero-order valence-corrected chi connectivity index (χ0v) is 13.4. The summed E-state index contributed by atoms with van der Waals surface area (Å²) in [4.78, 5) is 20.6. The van der Waals surface area contributed by atoms with Crippen LogP contribution >= 0.6 is 0 Å². The normalized spacial score (nSPS) is 11.0. The minimum Gasteiger partial charge on any atom is -0.362 e. The average molecular weight is 297 g/mol. The summed E-state index contributed by atoms with van der Waals surface area (Å²) in [6, 6.07) is 7.95. The number of hydrogen-bond donors (Lipinski definition) is 1. The van der Waals surface area contributed by atoms with Gasteiger partial charge in [-0.3, -0.25) is 4.79 Å². The van der Waals surface area contributed by atoms with Gasteiger partial charge >= 0.3 is 0 Å². The van der Waals surface area contributed by atoms with Crippen LogP contribution in [0.4, 0.5) is 5.69 Å². The van der Waals surface area contributed by atoms with Crippen molar-refractivity contribution in [1.82, 2.24) is 0 Å². The molecule has 1 aromatic rings. The van der Waals surface area contributed by atoms with Crippen LogP contribution in [0.3, 0.4) is 0 Å². The second-order valence-corrected chi connectivity index (χ2v) is 4.30. The molecule has 0 spiro atoms. The van der Waals surface area contributed by atoms with Gasteiger partial charge in [-0.05, 0) is 38.5 Å². The number of carbonyl (C=O) groups excluding carboxylic acids is 2. The number of hydrogen-bond acceptors (Lipinski definition) is 3. The van der Waals surface area contributed by atoms with Gasteiger partial charge in [0, 0.05) is 23.5 Å². The molecule has 0 aliphatic rings. The van der Waals surface area contributed by atoms with Crippen molar-refractivity contribution < 1.29 is 9.59 Å². The summed E-state index contributed by atoms with van der Waals surface area (Å²) >= 11 is 0. The fourth-order valence-corrected chi connectivity index (χ4v) is 1.50. The lowest BCUT2D eigenvalue weighted by molar-refractivity contribution is -0.111. The maximum Gasteiger partial charge on any atom is 0.187 e. The second kappa shape index (κ2) is 12.1. The van der Waals surface area contributed by atoms with E-state index in [9.17, 15) is 4.79 Å². The fourth-order valence-electron chi connectivity index (χ4n) is 1.50. The van der Waals surface area contributed by atoms with Crippen LogP contribution in [0, 0.1) is 6.92 Å². The van der Waals surface area contributed by atoms with Gasteiger partial charge in [0.1, 0.15) is 6.29 Å². The largest absolute Gasteiger partial charge is 0.362 e.